The highest BCUT2D eigenvalue weighted by atomic mass is 19.4. The van der Waals surface area contributed by atoms with Gasteiger partial charge in [-0.3, -0.25) is 0 Å². The number of aromatic amines is 1. The Morgan fingerprint density at radius 2 is 1.80 bits per heavy atom. The standard InChI is InChI=1S/C25H25F3N2/c1-15-11-18(22-13-17(9-10-29-22)16-5-3-2-4-6-16)12-21-20-8-7-19(25(26,27)28)14-23(20)30-24(15)21/h2-9,14-15,18,22,29-30H,10-13H2,1H3. The lowest BCUT2D eigenvalue weighted by Crippen LogP contribution is -2.41. The maximum atomic E-state index is 13.1. The summed E-state index contributed by atoms with van der Waals surface area (Å²) in [6.45, 7) is 3.04. The van der Waals surface area contributed by atoms with Crippen molar-refractivity contribution in [1.29, 1.82) is 0 Å². The van der Waals surface area contributed by atoms with Gasteiger partial charge in [0.25, 0.3) is 0 Å². The average molecular weight is 410 g/mol. The van der Waals surface area contributed by atoms with Crippen molar-refractivity contribution >= 4 is 16.5 Å². The second kappa shape index (κ2) is 7.31. The van der Waals surface area contributed by atoms with E-state index in [1.807, 2.05) is 6.07 Å². The summed E-state index contributed by atoms with van der Waals surface area (Å²) in [6, 6.07) is 15.0. The van der Waals surface area contributed by atoms with Crippen LogP contribution in [-0.4, -0.2) is 17.6 Å². The zero-order valence-electron chi connectivity index (χ0n) is 16.9. The molecule has 3 atom stereocenters. The summed E-state index contributed by atoms with van der Waals surface area (Å²) in [6.07, 6.45) is 0.863. The van der Waals surface area contributed by atoms with Gasteiger partial charge in [0, 0.05) is 29.2 Å². The molecule has 2 aliphatic rings. The van der Waals surface area contributed by atoms with Crippen LogP contribution in [0.1, 0.15) is 48.1 Å². The molecule has 5 heteroatoms. The second-order valence-electron chi connectivity index (χ2n) is 8.69. The number of fused-ring (bicyclic) bond motifs is 3. The molecular weight excluding hydrogens is 385 g/mol. The van der Waals surface area contributed by atoms with Crippen molar-refractivity contribution in [2.75, 3.05) is 6.54 Å². The summed E-state index contributed by atoms with van der Waals surface area (Å²) < 4.78 is 39.4. The summed E-state index contributed by atoms with van der Waals surface area (Å²) in [4.78, 5) is 3.30. The molecule has 0 radical (unpaired) electrons. The number of hydrogen-bond acceptors (Lipinski definition) is 1. The van der Waals surface area contributed by atoms with Crippen molar-refractivity contribution in [3.05, 3.63) is 77.0 Å². The minimum Gasteiger partial charge on any atom is -0.358 e. The van der Waals surface area contributed by atoms with Gasteiger partial charge in [-0.2, -0.15) is 13.2 Å². The molecule has 0 fully saturated rings. The summed E-state index contributed by atoms with van der Waals surface area (Å²) in [7, 11) is 0. The Hall–Kier alpha value is -2.53. The van der Waals surface area contributed by atoms with E-state index in [-0.39, 0.29) is 0 Å². The van der Waals surface area contributed by atoms with Crippen LogP contribution in [0, 0.1) is 5.92 Å². The molecule has 3 unspecified atom stereocenters. The summed E-state index contributed by atoms with van der Waals surface area (Å²) >= 11 is 0. The number of hydrogen-bond donors (Lipinski definition) is 2. The first-order valence-electron chi connectivity index (χ1n) is 10.6. The summed E-state index contributed by atoms with van der Waals surface area (Å²) in [5.41, 5.74) is 4.97. The van der Waals surface area contributed by atoms with Crippen LogP contribution >= 0.6 is 0 Å². The molecule has 156 valence electrons. The maximum Gasteiger partial charge on any atom is 0.416 e. The molecule has 0 spiro atoms. The molecule has 1 aliphatic heterocycles. The lowest BCUT2D eigenvalue weighted by Gasteiger charge is -2.36. The second-order valence-corrected chi connectivity index (χ2v) is 8.69. The zero-order valence-corrected chi connectivity index (χ0v) is 16.9. The minimum absolute atomic E-state index is 0.299. The Kier molecular flexibility index (Phi) is 4.73. The highest BCUT2D eigenvalue weighted by Crippen LogP contribution is 2.42. The molecule has 0 bridgehead atoms. The van der Waals surface area contributed by atoms with Crippen LogP contribution in [0.4, 0.5) is 13.2 Å². The number of nitrogens with one attached hydrogen (secondary N) is 2. The normalized spacial score (nSPS) is 24.5. The molecule has 2 N–H and O–H groups in total. The zero-order chi connectivity index (χ0) is 20.9. The predicted molar refractivity (Wildman–Crippen MR) is 114 cm³/mol. The van der Waals surface area contributed by atoms with Crippen LogP contribution in [-0.2, 0) is 12.6 Å². The van der Waals surface area contributed by atoms with Crippen molar-refractivity contribution in [2.45, 2.75) is 44.3 Å². The van der Waals surface area contributed by atoms with Gasteiger partial charge >= 0.3 is 6.18 Å². The number of benzene rings is 2. The van der Waals surface area contributed by atoms with E-state index in [2.05, 4.69) is 47.6 Å². The van der Waals surface area contributed by atoms with E-state index in [0.717, 1.165) is 36.9 Å². The van der Waals surface area contributed by atoms with E-state index in [4.69, 9.17) is 0 Å². The number of H-pyrrole nitrogens is 1. The van der Waals surface area contributed by atoms with Gasteiger partial charge in [0.05, 0.1) is 5.56 Å². The van der Waals surface area contributed by atoms with Gasteiger partial charge in [0.2, 0.25) is 0 Å². The monoisotopic (exact) mass is 410 g/mol. The molecule has 2 nitrogen and oxygen atoms in total. The third-order valence-electron chi connectivity index (χ3n) is 6.76. The van der Waals surface area contributed by atoms with Crippen molar-refractivity contribution in [2.24, 2.45) is 5.92 Å². The van der Waals surface area contributed by atoms with E-state index in [1.165, 1.54) is 28.8 Å². The van der Waals surface area contributed by atoms with Crippen molar-refractivity contribution in [1.82, 2.24) is 10.3 Å². The van der Waals surface area contributed by atoms with Gasteiger partial charge in [0.15, 0.2) is 0 Å². The smallest absolute Gasteiger partial charge is 0.358 e. The highest BCUT2D eigenvalue weighted by Gasteiger charge is 2.35. The van der Waals surface area contributed by atoms with Gasteiger partial charge < -0.3 is 10.3 Å². The van der Waals surface area contributed by atoms with E-state index in [9.17, 15) is 13.2 Å². The fourth-order valence-electron chi connectivity index (χ4n) is 5.26. The number of alkyl halides is 3. The molecule has 1 aromatic heterocycles. The Balaban J connectivity index is 1.43. The SMILES string of the molecule is CC1CC(C2CC(c3ccccc3)=CCN2)Cc2c1[nH]c1cc(C(F)(F)F)ccc21. The lowest BCUT2D eigenvalue weighted by molar-refractivity contribution is -0.137. The first kappa shape index (κ1) is 19.4. The molecule has 30 heavy (non-hydrogen) atoms. The van der Waals surface area contributed by atoms with E-state index < -0.39 is 11.7 Å². The molecule has 3 aromatic rings. The van der Waals surface area contributed by atoms with Gasteiger partial charge in [-0.15, -0.1) is 0 Å². The van der Waals surface area contributed by atoms with Crippen LogP contribution in [0.15, 0.2) is 54.6 Å². The molecule has 0 saturated carbocycles. The Morgan fingerprint density at radius 1 is 1.00 bits per heavy atom. The fourth-order valence-corrected chi connectivity index (χ4v) is 5.26. The predicted octanol–water partition coefficient (Wildman–Crippen LogP) is 6.30. The molecule has 0 saturated heterocycles. The van der Waals surface area contributed by atoms with Gasteiger partial charge in [-0.25, -0.2) is 0 Å². The molecular formula is C25H25F3N2. The third kappa shape index (κ3) is 3.45. The molecule has 0 amide bonds. The summed E-state index contributed by atoms with van der Waals surface area (Å²) in [5, 5.41) is 4.61. The average Bonchev–Trinajstić information content (AvgIpc) is 3.12. The van der Waals surface area contributed by atoms with Gasteiger partial charge in [-0.05, 0) is 59.9 Å². The number of halogens is 3. The van der Waals surface area contributed by atoms with Crippen molar-refractivity contribution in [3.63, 3.8) is 0 Å². The lowest BCUT2D eigenvalue weighted by atomic mass is 9.74. The summed E-state index contributed by atoms with van der Waals surface area (Å²) in [5.74, 6) is 0.759. The van der Waals surface area contributed by atoms with Gasteiger partial charge in [-0.1, -0.05) is 49.4 Å². The minimum atomic E-state index is -4.32. The maximum absolute atomic E-state index is 13.1. The third-order valence-corrected chi connectivity index (χ3v) is 6.76. The number of aromatic nitrogens is 1. The van der Waals surface area contributed by atoms with Crippen LogP contribution in [0.3, 0.4) is 0 Å². The first-order valence-corrected chi connectivity index (χ1v) is 10.6. The van der Waals surface area contributed by atoms with E-state index in [0.29, 0.717) is 23.4 Å². The highest BCUT2D eigenvalue weighted by molar-refractivity contribution is 5.86. The van der Waals surface area contributed by atoms with Crippen LogP contribution in [0.2, 0.25) is 0 Å². The Morgan fingerprint density at radius 3 is 2.57 bits per heavy atom. The quantitative estimate of drug-likeness (QED) is 0.510. The van der Waals surface area contributed by atoms with Crippen LogP contribution < -0.4 is 5.32 Å². The van der Waals surface area contributed by atoms with Crippen molar-refractivity contribution in [3.8, 4) is 0 Å². The Labute approximate surface area is 174 Å². The molecule has 5 rings (SSSR count). The van der Waals surface area contributed by atoms with Crippen LogP contribution in [0.5, 0.6) is 0 Å². The molecule has 2 aromatic carbocycles. The molecule has 2 heterocycles. The Bertz CT molecular complexity index is 1090. The topological polar surface area (TPSA) is 27.8 Å². The number of rotatable bonds is 2. The van der Waals surface area contributed by atoms with E-state index in [1.54, 1.807) is 6.07 Å². The molecule has 1 aliphatic carbocycles. The van der Waals surface area contributed by atoms with Crippen LogP contribution in [0.25, 0.3) is 16.5 Å². The first-order chi connectivity index (χ1) is 14.4. The van der Waals surface area contributed by atoms with Crippen molar-refractivity contribution < 1.29 is 13.2 Å². The van der Waals surface area contributed by atoms with Gasteiger partial charge in [0.1, 0.15) is 0 Å². The largest absolute Gasteiger partial charge is 0.416 e. The fraction of sp³-hybridized carbons (Fsp3) is 0.360. The van der Waals surface area contributed by atoms with E-state index >= 15 is 0 Å².